The monoisotopic (exact) mass is 457 g/mol. The number of para-hydroxylation sites is 1. The lowest BCUT2D eigenvalue weighted by Crippen LogP contribution is -2.30. The molecule has 0 saturated carbocycles. The van der Waals surface area contributed by atoms with E-state index >= 15 is 0 Å². The van der Waals surface area contributed by atoms with Gasteiger partial charge in [0.2, 0.25) is 0 Å². The van der Waals surface area contributed by atoms with Crippen LogP contribution in [-0.4, -0.2) is 26.4 Å². The molecule has 1 unspecified atom stereocenters. The van der Waals surface area contributed by atoms with Crippen molar-refractivity contribution in [2.75, 3.05) is 11.4 Å². The van der Waals surface area contributed by atoms with Crippen molar-refractivity contribution in [1.82, 2.24) is 10.3 Å². The Morgan fingerprint density at radius 2 is 1.42 bits per heavy atom. The van der Waals surface area contributed by atoms with E-state index in [1.807, 2.05) is 54.6 Å². The van der Waals surface area contributed by atoms with Crippen LogP contribution < -0.4 is 9.62 Å². The van der Waals surface area contributed by atoms with Gasteiger partial charge in [-0.05, 0) is 54.1 Å². The maximum Gasteiger partial charge on any atom is 0.264 e. The lowest BCUT2D eigenvalue weighted by atomic mass is 10.0. The zero-order valence-electron chi connectivity index (χ0n) is 18.0. The van der Waals surface area contributed by atoms with Crippen molar-refractivity contribution in [3.05, 3.63) is 126 Å². The van der Waals surface area contributed by atoms with Crippen molar-refractivity contribution < 1.29 is 13.2 Å². The van der Waals surface area contributed by atoms with Crippen molar-refractivity contribution in [3.8, 4) is 0 Å². The van der Waals surface area contributed by atoms with Crippen LogP contribution in [0.4, 0.5) is 5.69 Å². The van der Waals surface area contributed by atoms with Crippen molar-refractivity contribution in [1.29, 1.82) is 0 Å². The largest absolute Gasteiger partial charge is 0.340 e. The van der Waals surface area contributed by atoms with E-state index in [4.69, 9.17) is 0 Å². The Hall–Kier alpha value is -3.97. The summed E-state index contributed by atoms with van der Waals surface area (Å²) in [4.78, 5) is 17.5. The minimum atomic E-state index is -3.75. The molecule has 3 aromatic carbocycles. The zero-order chi connectivity index (χ0) is 23.3. The van der Waals surface area contributed by atoms with E-state index in [0.29, 0.717) is 16.9 Å². The van der Waals surface area contributed by atoms with E-state index in [-0.39, 0.29) is 10.8 Å². The average molecular weight is 458 g/mol. The standard InChI is InChI=1S/C26H23N3O3S/c1-29(22-12-6-3-7-13-22)33(31,32)23-17-15-21(16-18-23)26(30)28-25(20-10-4-2-5-11-20)24-14-8-9-19-27-24/h2-19,25H,1H3,(H,28,30). The van der Waals surface area contributed by atoms with Crippen molar-refractivity contribution >= 4 is 21.6 Å². The molecule has 7 heteroatoms. The molecule has 0 aliphatic carbocycles. The molecule has 0 saturated heterocycles. The van der Waals surface area contributed by atoms with Crippen molar-refractivity contribution in [2.45, 2.75) is 10.9 Å². The Balaban J connectivity index is 1.56. The van der Waals surface area contributed by atoms with Crippen LogP contribution in [0.15, 0.2) is 114 Å². The number of benzene rings is 3. The third-order valence-corrected chi connectivity index (χ3v) is 7.09. The Kier molecular flexibility index (Phi) is 6.51. The molecule has 0 spiro atoms. The van der Waals surface area contributed by atoms with Gasteiger partial charge in [-0.15, -0.1) is 0 Å². The maximum atomic E-state index is 13.0. The van der Waals surface area contributed by atoms with E-state index in [2.05, 4.69) is 10.3 Å². The SMILES string of the molecule is CN(c1ccccc1)S(=O)(=O)c1ccc(C(=O)NC(c2ccccc2)c2ccccn2)cc1. The number of pyridine rings is 1. The fourth-order valence-electron chi connectivity index (χ4n) is 3.45. The minimum Gasteiger partial charge on any atom is -0.340 e. The summed E-state index contributed by atoms with van der Waals surface area (Å²) in [6.07, 6.45) is 1.68. The molecule has 1 amide bonds. The Labute approximate surface area is 193 Å². The van der Waals surface area contributed by atoms with Gasteiger partial charge in [-0.2, -0.15) is 0 Å². The molecular formula is C26H23N3O3S. The first kappa shape index (κ1) is 22.2. The summed E-state index contributed by atoms with van der Waals surface area (Å²) in [5.74, 6) is -0.324. The normalized spacial score (nSPS) is 12.0. The molecule has 0 bridgehead atoms. The third kappa shape index (κ3) is 4.94. The molecule has 0 aliphatic heterocycles. The maximum absolute atomic E-state index is 13.0. The van der Waals surface area contributed by atoms with Gasteiger partial charge in [-0.1, -0.05) is 54.6 Å². The van der Waals surface area contributed by atoms with Crippen molar-refractivity contribution in [3.63, 3.8) is 0 Å². The topological polar surface area (TPSA) is 79.4 Å². The highest BCUT2D eigenvalue weighted by atomic mass is 32.2. The quantitative estimate of drug-likeness (QED) is 0.445. The summed E-state index contributed by atoms with van der Waals surface area (Å²) in [6, 6.07) is 29.4. The average Bonchev–Trinajstić information content (AvgIpc) is 2.88. The first-order chi connectivity index (χ1) is 16.0. The third-order valence-electron chi connectivity index (χ3n) is 5.29. The number of carbonyl (C=O) groups excluding carboxylic acids is 1. The first-order valence-electron chi connectivity index (χ1n) is 10.4. The van der Waals surface area contributed by atoms with Crippen LogP contribution >= 0.6 is 0 Å². The van der Waals surface area contributed by atoms with Gasteiger partial charge >= 0.3 is 0 Å². The number of hydrogen-bond donors (Lipinski definition) is 1. The summed E-state index contributed by atoms with van der Waals surface area (Å²) in [6.45, 7) is 0. The molecule has 4 rings (SSSR count). The van der Waals surface area contributed by atoms with Crippen LogP contribution in [0.1, 0.15) is 27.7 Å². The van der Waals surface area contributed by atoms with Gasteiger partial charge in [-0.3, -0.25) is 14.1 Å². The molecule has 6 nitrogen and oxygen atoms in total. The van der Waals surface area contributed by atoms with Crippen LogP contribution in [0.25, 0.3) is 0 Å². The summed E-state index contributed by atoms with van der Waals surface area (Å²) < 4.78 is 27.2. The Morgan fingerprint density at radius 3 is 2.03 bits per heavy atom. The van der Waals surface area contributed by atoms with Gasteiger partial charge in [0.15, 0.2) is 0 Å². The molecule has 0 fully saturated rings. The molecule has 1 atom stereocenters. The number of anilines is 1. The lowest BCUT2D eigenvalue weighted by Gasteiger charge is -2.20. The Morgan fingerprint density at radius 1 is 0.818 bits per heavy atom. The minimum absolute atomic E-state index is 0.106. The highest BCUT2D eigenvalue weighted by molar-refractivity contribution is 7.92. The van der Waals surface area contributed by atoms with Gasteiger partial charge in [0.05, 0.1) is 22.3 Å². The molecule has 4 aromatic rings. The zero-order valence-corrected chi connectivity index (χ0v) is 18.8. The predicted molar refractivity (Wildman–Crippen MR) is 128 cm³/mol. The fourth-order valence-corrected chi connectivity index (χ4v) is 4.64. The number of hydrogen-bond acceptors (Lipinski definition) is 4. The first-order valence-corrected chi connectivity index (χ1v) is 11.8. The second kappa shape index (κ2) is 9.67. The van der Waals surface area contributed by atoms with E-state index in [0.717, 1.165) is 5.56 Å². The van der Waals surface area contributed by atoms with Gasteiger partial charge < -0.3 is 5.32 Å². The fraction of sp³-hybridized carbons (Fsp3) is 0.0769. The number of carbonyl (C=O) groups is 1. The van der Waals surface area contributed by atoms with Crippen LogP contribution in [0, 0.1) is 0 Å². The van der Waals surface area contributed by atoms with Crippen LogP contribution in [-0.2, 0) is 10.0 Å². The van der Waals surface area contributed by atoms with E-state index in [9.17, 15) is 13.2 Å². The molecular weight excluding hydrogens is 434 g/mol. The summed E-state index contributed by atoms with van der Waals surface area (Å²) in [5.41, 5.74) is 2.52. The van der Waals surface area contributed by atoms with Crippen LogP contribution in [0.2, 0.25) is 0 Å². The molecule has 33 heavy (non-hydrogen) atoms. The molecule has 166 valence electrons. The van der Waals surface area contributed by atoms with Gasteiger partial charge in [0, 0.05) is 18.8 Å². The highest BCUT2D eigenvalue weighted by Gasteiger charge is 2.23. The van der Waals surface area contributed by atoms with E-state index < -0.39 is 16.1 Å². The van der Waals surface area contributed by atoms with Crippen molar-refractivity contribution in [2.24, 2.45) is 0 Å². The number of sulfonamides is 1. The molecule has 0 radical (unpaired) electrons. The highest BCUT2D eigenvalue weighted by Crippen LogP contribution is 2.23. The van der Waals surface area contributed by atoms with Gasteiger partial charge in [0.1, 0.15) is 0 Å². The Bertz CT molecular complexity index is 1270. The number of rotatable bonds is 7. The number of aromatic nitrogens is 1. The van der Waals surface area contributed by atoms with Gasteiger partial charge in [0.25, 0.3) is 15.9 Å². The predicted octanol–water partition coefficient (Wildman–Crippen LogP) is 4.43. The van der Waals surface area contributed by atoms with Crippen LogP contribution in [0.3, 0.4) is 0 Å². The number of amides is 1. The molecule has 1 heterocycles. The number of nitrogens with zero attached hydrogens (tertiary/aromatic N) is 2. The molecule has 0 aliphatic rings. The number of nitrogens with one attached hydrogen (secondary N) is 1. The van der Waals surface area contributed by atoms with Gasteiger partial charge in [-0.25, -0.2) is 8.42 Å². The smallest absolute Gasteiger partial charge is 0.264 e. The molecule has 1 N–H and O–H groups in total. The summed E-state index contributed by atoms with van der Waals surface area (Å²) in [5, 5.41) is 3.01. The second-order valence-corrected chi connectivity index (χ2v) is 9.37. The lowest BCUT2D eigenvalue weighted by molar-refractivity contribution is 0.0942. The van der Waals surface area contributed by atoms with E-state index in [1.165, 1.54) is 35.6 Å². The second-order valence-electron chi connectivity index (χ2n) is 7.40. The van der Waals surface area contributed by atoms with Crippen LogP contribution in [0.5, 0.6) is 0 Å². The van der Waals surface area contributed by atoms with E-state index in [1.54, 1.807) is 30.5 Å². The molecule has 1 aromatic heterocycles. The summed E-state index contributed by atoms with van der Waals surface area (Å²) in [7, 11) is -2.25. The summed E-state index contributed by atoms with van der Waals surface area (Å²) >= 11 is 0.